The van der Waals surface area contributed by atoms with Gasteiger partial charge in [-0.25, -0.2) is 4.98 Å². The zero-order chi connectivity index (χ0) is 5.11. The third-order valence-corrected chi connectivity index (χ3v) is 0.515. The van der Waals surface area contributed by atoms with Crippen LogP contribution in [0.5, 0.6) is 0 Å². The highest BCUT2D eigenvalue weighted by molar-refractivity contribution is 6.30. The molecule has 0 bridgehead atoms. The molecule has 0 atom stereocenters. The Labute approximate surface area is 42.2 Å². The SMILES string of the molecule is [B]c1cnncn1. The highest BCUT2D eigenvalue weighted by Crippen LogP contribution is 1.55. The molecule has 0 aliphatic carbocycles. The first-order chi connectivity index (χ1) is 3.39. The van der Waals surface area contributed by atoms with Crippen molar-refractivity contribution in [1.29, 1.82) is 0 Å². The van der Waals surface area contributed by atoms with Crippen LogP contribution in [0.2, 0.25) is 0 Å². The molecule has 0 N–H and O–H groups in total. The Balaban J connectivity index is 3.02. The van der Waals surface area contributed by atoms with E-state index in [1.54, 1.807) is 0 Å². The van der Waals surface area contributed by atoms with Crippen molar-refractivity contribution in [1.82, 2.24) is 15.2 Å². The van der Waals surface area contributed by atoms with Gasteiger partial charge in [0.05, 0.1) is 6.20 Å². The standard InChI is InChI=1S/C3H2BN3/c4-3-1-6-7-2-5-3/h1-2H. The summed E-state index contributed by atoms with van der Waals surface area (Å²) in [6.45, 7) is 0. The Bertz CT molecular complexity index is 140. The van der Waals surface area contributed by atoms with Crippen LogP contribution >= 0.6 is 0 Å². The predicted octanol–water partition coefficient (Wildman–Crippen LogP) is -1.33. The smallest absolute Gasteiger partial charge is 0.144 e. The monoisotopic (exact) mass is 91.0 g/mol. The maximum absolute atomic E-state index is 5.14. The van der Waals surface area contributed by atoms with Crippen molar-refractivity contribution in [2.45, 2.75) is 0 Å². The molecule has 1 rings (SSSR count). The van der Waals surface area contributed by atoms with E-state index in [1.165, 1.54) is 12.5 Å². The lowest BCUT2D eigenvalue weighted by molar-refractivity contribution is 0.986. The molecule has 0 fully saturated rings. The third kappa shape index (κ3) is 0.959. The molecule has 3 nitrogen and oxygen atoms in total. The van der Waals surface area contributed by atoms with Crippen LogP contribution in [0.4, 0.5) is 0 Å². The van der Waals surface area contributed by atoms with Gasteiger partial charge in [0.15, 0.2) is 0 Å². The summed E-state index contributed by atoms with van der Waals surface area (Å²) in [5.74, 6) is 0. The molecule has 32 valence electrons. The van der Waals surface area contributed by atoms with E-state index in [0.29, 0.717) is 5.59 Å². The fraction of sp³-hybridized carbons (Fsp3) is 0. The van der Waals surface area contributed by atoms with Gasteiger partial charge in [0, 0.05) is 5.59 Å². The van der Waals surface area contributed by atoms with E-state index in [4.69, 9.17) is 7.85 Å². The lowest BCUT2D eigenvalue weighted by Crippen LogP contribution is -2.07. The van der Waals surface area contributed by atoms with Crippen LogP contribution in [0.25, 0.3) is 0 Å². The summed E-state index contributed by atoms with van der Waals surface area (Å²) in [5.41, 5.74) is 0.398. The van der Waals surface area contributed by atoms with Crippen molar-refractivity contribution in [2.75, 3.05) is 0 Å². The largest absolute Gasteiger partial charge is 0.249 e. The zero-order valence-corrected chi connectivity index (χ0v) is 3.57. The van der Waals surface area contributed by atoms with Gasteiger partial charge >= 0.3 is 0 Å². The van der Waals surface area contributed by atoms with Gasteiger partial charge in [-0.15, -0.1) is 5.10 Å². The van der Waals surface area contributed by atoms with E-state index in [0.717, 1.165) is 0 Å². The second kappa shape index (κ2) is 1.68. The Hall–Kier alpha value is -0.925. The summed E-state index contributed by atoms with van der Waals surface area (Å²) in [7, 11) is 5.14. The molecule has 0 aromatic carbocycles. The first-order valence-corrected chi connectivity index (χ1v) is 1.78. The van der Waals surface area contributed by atoms with Crippen LogP contribution in [-0.2, 0) is 0 Å². The second-order valence-corrected chi connectivity index (χ2v) is 1.03. The maximum atomic E-state index is 5.14. The first kappa shape index (κ1) is 4.24. The van der Waals surface area contributed by atoms with Gasteiger partial charge in [-0.2, -0.15) is 5.10 Å². The fourth-order valence-electron chi connectivity index (χ4n) is 0.248. The molecule has 4 heteroatoms. The van der Waals surface area contributed by atoms with Crippen LogP contribution < -0.4 is 5.59 Å². The van der Waals surface area contributed by atoms with Crippen LogP contribution in [0.1, 0.15) is 0 Å². The highest BCUT2D eigenvalue weighted by Gasteiger charge is 1.75. The molecule has 1 heterocycles. The maximum Gasteiger partial charge on any atom is 0.144 e. The molecule has 0 saturated heterocycles. The second-order valence-electron chi connectivity index (χ2n) is 1.03. The van der Waals surface area contributed by atoms with Crippen molar-refractivity contribution < 1.29 is 0 Å². The van der Waals surface area contributed by atoms with E-state index in [2.05, 4.69) is 15.2 Å². The third-order valence-electron chi connectivity index (χ3n) is 0.515. The van der Waals surface area contributed by atoms with Crippen LogP contribution in [0.15, 0.2) is 12.5 Å². The zero-order valence-electron chi connectivity index (χ0n) is 3.57. The van der Waals surface area contributed by atoms with Crippen LogP contribution in [0.3, 0.4) is 0 Å². The van der Waals surface area contributed by atoms with Crippen molar-refractivity contribution in [3.63, 3.8) is 0 Å². The van der Waals surface area contributed by atoms with Gasteiger partial charge in [0.2, 0.25) is 0 Å². The van der Waals surface area contributed by atoms with Crippen LogP contribution in [-0.4, -0.2) is 23.0 Å². The minimum Gasteiger partial charge on any atom is -0.249 e. The van der Waals surface area contributed by atoms with Gasteiger partial charge < -0.3 is 0 Å². The summed E-state index contributed by atoms with van der Waals surface area (Å²) in [5, 5.41) is 6.85. The Kier molecular flexibility index (Phi) is 1.02. The fourth-order valence-corrected chi connectivity index (χ4v) is 0.248. The number of aromatic nitrogens is 3. The topological polar surface area (TPSA) is 38.7 Å². The molecule has 7 heavy (non-hydrogen) atoms. The molecule has 0 saturated carbocycles. The number of nitrogens with zero attached hydrogens (tertiary/aromatic N) is 3. The molecule has 0 spiro atoms. The minimum absolute atomic E-state index is 0.398. The highest BCUT2D eigenvalue weighted by atomic mass is 15.1. The summed E-state index contributed by atoms with van der Waals surface area (Å²) in [6, 6.07) is 0. The summed E-state index contributed by atoms with van der Waals surface area (Å²) < 4.78 is 0. The molecule has 0 unspecified atom stereocenters. The molecular formula is C3H2BN3. The number of rotatable bonds is 0. The predicted molar refractivity (Wildman–Crippen MR) is 25.2 cm³/mol. The Morgan fingerprint density at radius 2 is 2.29 bits per heavy atom. The van der Waals surface area contributed by atoms with Gasteiger partial charge in [-0.05, 0) is 0 Å². The minimum atomic E-state index is 0.398. The van der Waals surface area contributed by atoms with E-state index >= 15 is 0 Å². The molecule has 1 aromatic heterocycles. The van der Waals surface area contributed by atoms with E-state index in [-0.39, 0.29) is 0 Å². The molecule has 0 amide bonds. The molecular weight excluding hydrogens is 88.9 g/mol. The van der Waals surface area contributed by atoms with Crippen molar-refractivity contribution in [2.24, 2.45) is 0 Å². The lowest BCUT2D eigenvalue weighted by atomic mass is 10.1. The quantitative estimate of drug-likeness (QED) is 0.371. The lowest BCUT2D eigenvalue weighted by Gasteiger charge is -1.80. The first-order valence-electron chi connectivity index (χ1n) is 1.78. The summed E-state index contributed by atoms with van der Waals surface area (Å²) in [4.78, 5) is 3.58. The number of hydrogen-bond donors (Lipinski definition) is 0. The van der Waals surface area contributed by atoms with E-state index in [9.17, 15) is 0 Å². The Morgan fingerprint density at radius 1 is 1.43 bits per heavy atom. The summed E-state index contributed by atoms with van der Waals surface area (Å²) in [6.07, 6.45) is 2.69. The average molecular weight is 90.9 g/mol. The Morgan fingerprint density at radius 3 is 2.57 bits per heavy atom. The average Bonchev–Trinajstić information content (AvgIpc) is 1.69. The van der Waals surface area contributed by atoms with E-state index in [1.807, 2.05) is 0 Å². The van der Waals surface area contributed by atoms with Crippen molar-refractivity contribution >= 4 is 13.4 Å². The van der Waals surface area contributed by atoms with Crippen molar-refractivity contribution in [3.05, 3.63) is 12.5 Å². The molecule has 2 radical (unpaired) electrons. The molecule has 0 aliphatic rings. The number of hydrogen-bond acceptors (Lipinski definition) is 3. The van der Waals surface area contributed by atoms with E-state index < -0.39 is 0 Å². The summed E-state index contributed by atoms with van der Waals surface area (Å²) >= 11 is 0. The molecule has 0 aliphatic heterocycles. The molecule has 1 aromatic rings. The van der Waals surface area contributed by atoms with Crippen LogP contribution in [0, 0.1) is 0 Å². The van der Waals surface area contributed by atoms with Gasteiger partial charge in [0.25, 0.3) is 0 Å². The van der Waals surface area contributed by atoms with Gasteiger partial charge in [-0.3, -0.25) is 0 Å². The normalized spacial score (nSPS) is 8.57. The van der Waals surface area contributed by atoms with Crippen molar-refractivity contribution in [3.8, 4) is 0 Å². The van der Waals surface area contributed by atoms with Gasteiger partial charge in [0.1, 0.15) is 14.2 Å². The van der Waals surface area contributed by atoms with Gasteiger partial charge in [-0.1, -0.05) is 0 Å².